The Morgan fingerprint density at radius 1 is 1.39 bits per heavy atom. The van der Waals surface area contributed by atoms with E-state index in [1.54, 1.807) is 20.2 Å². The first-order chi connectivity index (χ1) is 10.9. The van der Waals surface area contributed by atoms with Crippen LogP contribution in [-0.2, 0) is 11.2 Å². The number of nitrogens with one attached hydrogen (secondary N) is 2. The van der Waals surface area contributed by atoms with E-state index < -0.39 is 0 Å². The van der Waals surface area contributed by atoms with Gasteiger partial charge in [0.15, 0.2) is 5.96 Å². The van der Waals surface area contributed by atoms with Crippen molar-refractivity contribution in [3.63, 3.8) is 0 Å². The summed E-state index contributed by atoms with van der Waals surface area (Å²) >= 11 is 0. The first-order valence-electron chi connectivity index (χ1n) is 7.91. The maximum Gasteiger partial charge on any atom is 0.243 e. The highest BCUT2D eigenvalue weighted by Crippen LogP contribution is 2.03. The third-order valence-corrected chi connectivity index (χ3v) is 3.46. The van der Waals surface area contributed by atoms with Crippen LogP contribution in [0.1, 0.15) is 25.8 Å². The van der Waals surface area contributed by atoms with Crippen molar-refractivity contribution in [1.29, 1.82) is 0 Å². The smallest absolute Gasteiger partial charge is 0.243 e. The van der Waals surface area contributed by atoms with Gasteiger partial charge in [-0.3, -0.25) is 4.79 Å². The van der Waals surface area contributed by atoms with Crippen LogP contribution < -0.4 is 10.6 Å². The zero-order valence-corrected chi connectivity index (χ0v) is 14.4. The van der Waals surface area contributed by atoms with Crippen LogP contribution in [0.15, 0.2) is 29.3 Å². The molecule has 0 fully saturated rings. The number of amides is 1. The Morgan fingerprint density at radius 2 is 2.13 bits per heavy atom. The SMILES string of the molecule is CCC(C)NC(=NCC(=O)N(C)C)NCCc1cccc(F)c1. The lowest BCUT2D eigenvalue weighted by Crippen LogP contribution is -2.43. The minimum atomic E-state index is -0.231. The van der Waals surface area contributed by atoms with Crippen molar-refractivity contribution in [2.75, 3.05) is 27.2 Å². The standard InChI is InChI=1S/C17H27FN4O/c1-5-13(2)21-17(20-12-16(23)22(3)4)19-10-9-14-7-6-8-15(18)11-14/h6-8,11,13H,5,9-10,12H2,1-4H3,(H2,19,20,21). The molecule has 0 saturated carbocycles. The largest absolute Gasteiger partial charge is 0.356 e. The molecule has 5 nitrogen and oxygen atoms in total. The fourth-order valence-electron chi connectivity index (χ4n) is 1.79. The van der Waals surface area contributed by atoms with Crippen LogP contribution in [0.3, 0.4) is 0 Å². The first-order valence-corrected chi connectivity index (χ1v) is 7.91. The maximum absolute atomic E-state index is 13.2. The normalized spacial score (nSPS) is 12.7. The highest BCUT2D eigenvalue weighted by atomic mass is 19.1. The Balaban J connectivity index is 2.58. The lowest BCUT2D eigenvalue weighted by Gasteiger charge is -2.17. The molecule has 0 aliphatic rings. The van der Waals surface area contributed by atoms with Gasteiger partial charge in [0.2, 0.25) is 5.91 Å². The lowest BCUT2D eigenvalue weighted by molar-refractivity contribution is -0.127. The van der Waals surface area contributed by atoms with E-state index >= 15 is 0 Å². The van der Waals surface area contributed by atoms with Gasteiger partial charge in [-0.25, -0.2) is 9.38 Å². The Kier molecular flexibility index (Phi) is 8.08. The highest BCUT2D eigenvalue weighted by Gasteiger charge is 2.07. The first kappa shape index (κ1) is 18.9. The molecule has 128 valence electrons. The number of likely N-dealkylation sites (N-methyl/N-ethyl adjacent to an activating group) is 1. The lowest BCUT2D eigenvalue weighted by atomic mass is 10.1. The van der Waals surface area contributed by atoms with Crippen LogP contribution in [0.5, 0.6) is 0 Å². The molecular weight excluding hydrogens is 295 g/mol. The van der Waals surface area contributed by atoms with E-state index in [1.165, 1.54) is 17.0 Å². The fraction of sp³-hybridized carbons (Fsp3) is 0.529. The number of hydrogen-bond acceptors (Lipinski definition) is 2. The monoisotopic (exact) mass is 322 g/mol. The van der Waals surface area contributed by atoms with Crippen molar-refractivity contribution in [3.8, 4) is 0 Å². The molecule has 6 heteroatoms. The summed E-state index contributed by atoms with van der Waals surface area (Å²) in [6.07, 6.45) is 1.63. The Morgan fingerprint density at radius 3 is 2.74 bits per heavy atom. The average molecular weight is 322 g/mol. The summed E-state index contributed by atoms with van der Waals surface area (Å²) in [4.78, 5) is 17.5. The number of benzene rings is 1. The minimum Gasteiger partial charge on any atom is -0.356 e. The van der Waals surface area contributed by atoms with Gasteiger partial charge in [-0.15, -0.1) is 0 Å². The van der Waals surface area contributed by atoms with Crippen molar-refractivity contribution in [3.05, 3.63) is 35.6 Å². The van der Waals surface area contributed by atoms with Crippen molar-refractivity contribution in [2.24, 2.45) is 4.99 Å². The van der Waals surface area contributed by atoms with E-state index in [9.17, 15) is 9.18 Å². The van der Waals surface area contributed by atoms with Gasteiger partial charge in [-0.1, -0.05) is 19.1 Å². The summed E-state index contributed by atoms with van der Waals surface area (Å²) in [5.74, 6) is 0.317. The summed E-state index contributed by atoms with van der Waals surface area (Å²) in [7, 11) is 3.41. The van der Waals surface area contributed by atoms with Crippen LogP contribution in [0.4, 0.5) is 4.39 Å². The summed E-state index contributed by atoms with van der Waals surface area (Å²) in [6, 6.07) is 6.80. The van der Waals surface area contributed by atoms with Crippen LogP contribution in [0.2, 0.25) is 0 Å². The second kappa shape index (κ2) is 9.82. The molecular formula is C17H27FN4O. The molecule has 0 aliphatic heterocycles. The van der Waals surface area contributed by atoms with E-state index in [1.807, 2.05) is 6.07 Å². The highest BCUT2D eigenvalue weighted by molar-refractivity contribution is 5.84. The number of guanidine groups is 1. The van der Waals surface area contributed by atoms with Crippen LogP contribution in [0.25, 0.3) is 0 Å². The molecule has 0 saturated heterocycles. The number of halogens is 1. The van der Waals surface area contributed by atoms with Gasteiger partial charge < -0.3 is 15.5 Å². The van der Waals surface area contributed by atoms with Crippen LogP contribution >= 0.6 is 0 Å². The number of rotatable bonds is 7. The van der Waals surface area contributed by atoms with Crippen molar-refractivity contribution >= 4 is 11.9 Å². The summed E-state index contributed by atoms with van der Waals surface area (Å²) in [6.45, 7) is 4.84. The van der Waals surface area contributed by atoms with E-state index in [2.05, 4.69) is 29.5 Å². The Hall–Kier alpha value is -2.11. The quantitative estimate of drug-likeness (QED) is 0.594. The molecule has 0 spiro atoms. The van der Waals surface area contributed by atoms with Gasteiger partial charge in [0.05, 0.1) is 0 Å². The summed E-state index contributed by atoms with van der Waals surface area (Å²) in [5.41, 5.74) is 0.921. The number of carbonyl (C=O) groups is 1. The van der Waals surface area contributed by atoms with E-state index in [4.69, 9.17) is 0 Å². The van der Waals surface area contributed by atoms with Gasteiger partial charge >= 0.3 is 0 Å². The van der Waals surface area contributed by atoms with Gasteiger partial charge in [0, 0.05) is 26.7 Å². The van der Waals surface area contributed by atoms with Crippen molar-refractivity contribution in [1.82, 2.24) is 15.5 Å². The van der Waals surface area contributed by atoms with Gasteiger partial charge in [0.25, 0.3) is 0 Å². The molecule has 1 atom stereocenters. The third-order valence-electron chi connectivity index (χ3n) is 3.46. The molecule has 0 aliphatic carbocycles. The number of nitrogens with zero attached hydrogens (tertiary/aromatic N) is 2. The second-order valence-corrected chi connectivity index (χ2v) is 5.71. The van der Waals surface area contributed by atoms with E-state index in [-0.39, 0.29) is 24.3 Å². The third kappa shape index (κ3) is 7.63. The predicted molar refractivity (Wildman–Crippen MR) is 92.0 cm³/mol. The van der Waals surface area contributed by atoms with E-state index in [0.29, 0.717) is 18.9 Å². The average Bonchev–Trinajstić information content (AvgIpc) is 2.51. The molecule has 1 unspecified atom stereocenters. The van der Waals surface area contributed by atoms with Gasteiger partial charge in [-0.2, -0.15) is 0 Å². The Labute approximate surface area is 138 Å². The van der Waals surface area contributed by atoms with Crippen molar-refractivity contribution < 1.29 is 9.18 Å². The summed E-state index contributed by atoms with van der Waals surface area (Å²) < 4.78 is 13.2. The molecule has 1 aromatic rings. The number of aliphatic imine (C=N–C) groups is 1. The Bertz CT molecular complexity index is 531. The zero-order chi connectivity index (χ0) is 17.2. The van der Waals surface area contributed by atoms with Crippen molar-refractivity contribution in [2.45, 2.75) is 32.7 Å². The maximum atomic E-state index is 13.2. The molecule has 1 amide bonds. The minimum absolute atomic E-state index is 0.0552. The van der Waals surface area contributed by atoms with Gasteiger partial charge in [-0.05, 0) is 37.5 Å². The fourth-order valence-corrected chi connectivity index (χ4v) is 1.79. The molecule has 0 heterocycles. The summed E-state index contributed by atoms with van der Waals surface area (Å²) in [5, 5.41) is 6.45. The van der Waals surface area contributed by atoms with Crippen LogP contribution in [0, 0.1) is 5.82 Å². The van der Waals surface area contributed by atoms with Crippen LogP contribution in [-0.4, -0.2) is 50.0 Å². The number of carbonyl (C=O) groups excluding carboxylic acids is 1. The predicted octanol–water partition coefficient (Wildman–Crippen LogP) is 1.79. The second-order valence-electron chi connectivity index (χ2n) is 5.71. The molecule has 2 N–H and O–H groups in total. The molecule has 1 aromatic carbocycles. The molecule has 1 rings (SSSR count). The molecule has 0 aromatic heterocycles. The molecule has 0 radical (unpaired) electrons. The number of hydrogen-bond donors (Lipinski definition) is 2. The van der Waals surface area contributed by atoms with E-state index in [0.717, 1.165) is 12.0 Å². The molecule has 23 heavy (non-hydrogen) atoms. The topological polar surface area (TPSA) is 56.7 Å². The molecule has 0 bridgehead atoms. The zero-order valence-electron chi connectivity index (χ0n) is 14.4. The van der Waals surface area contributed by atoms with Gasteiger partial charge in [0.1, 0.15) is 12.4 Å².